The van der Waals surface area contributed by atoms with Crippen LogP contribution in [0.4, 0.5) is 10.3 Å². The fraction of sp³-hybridized carbons (Fsp3) is 0.542. The van der Waals surface area contributed by atoms with E-state index in [4.69, 9.17) is 0 Å². The molecule has 4 rings (SSSR count). The molecule has 33 heavy (non-hydrogen) atoms. The van der Waals surface area contributed by atoms with Crippen LogP contribution in [0.5, 0.6) is 0 Å². The van der Waals surface area contributed by atoms with E-state index >= 15 is 0 Å². The van der Waals surface area contributed by atoms with E-state index in [2.05, 4.69) is 21.8 Å². The van der Waals surface area contributed by atoms with Crippen LogP contribution >= 0.6 is 0 Å². The molecule has 178 valence electrons. The standard InChI is InChI=1S/C24H31FN4O3S/c1-3-17-15-26-24(27-16-17)28-11-8-20(9-12-28)29-10-4-5-19(23(29)30)13-18-6-7-22(21(25)14-18)33(2,31)32/h6-7,14-16,19-20H,3-5,8-13H2,1-2H3. The van der Waals surface area contributed by atoms with Crippen molar-refractivity contribution >= 4 is 21.7 Å². The van der Waals surface area contributed by atoms with E-state index < -0.39 is 15.7 Å². The number of piperidine rings is 2. The molecule has 1 amide bonds. The molecule has 0 radical (unpaired) electrons. The summed E-state index contributed by atoms with van der Waals surface area (Å²) in [6.45, 7) is 4.45. The summed E-state index contributed by atoms with van der Waals surface area (Å²) in [5.74, 6) is -0.0919. The number of amides is 1. The Morgan fingerprint density at radius 2 is 1.76 bits per heavy atom. The van der Waals surface area contributed by atoms with E-state index in [1.165, 1.54) is 12.1 Å². The first-order valence-corrected chi connectivity index (χ1v) is 13.5. The lowest BCUT2D eigenvalue weighted by atomic mass is 9.88. The fourth-order valence-corrected chi connectivity index (χ4v) is 5.58. The molecule has 0 saturated carbocycles. The van der Waals surface area contributed by atoms with Gasteiger partial charge < -0.3 is 9.80 Å². The second-order valence-corrected chi connectivity index (χ2v) is 11.1. The van der Waals surface area contributed by atoms with Crippen molar-refractivity contribution in [2.45, 2.75) is 56.4 Å². The van der Waals surface area contributed by atoms with Crippen LogP contribution in [0.1, 0.15) is 43.7 Å². The van der Waals surface area contributed by atoms with Crippen molar-refractivity contribution in [1.82, 2.24) is 14.9 Å². The first-order valence-electron chi connectivity index (χ1n) is 11.6. The highest BCUT2D eigenvalue weighted by atomic mass is 32.2. The maximum Gasteiger partial charge on any atom is 0.226 e. The minimum Gasteiger partial charge on any atom is -0.341 e. The summed E-state index contributed by atoms with van der Waals surface area (Å²) in [5, 5.41) is 0. The fourth-order valence-electron chi connectivity index (χ4n) is 4.86. The molecular formula is C24H31FN4O3S. The number of halogens is 1. The van der Waals surface area contributed by atoms with Crippen molar-refractivity contribution in [3.63, 3.8) is 0 Å². The van der Waals surface area contributed by atoms with Gasteiger partial charge in [0.15, 0.2) is 9.84 Å². The highest BCUT2D eigenvalue weighted by Crippen LogP contribution is 2.29. The molecule has 2 fully saturated rings. The van der Waals surface area contributed by atoms with Gasteiger partial charge in [0.05, 0.1) is 0 Å². The Hall–Kier alpha value is -2.55. The molecule has 1 aromatic heterocycles. The van der Waals surface area contributed by atoms with E-state index in [1.54, 1.807) is 6.07 Å². The van der Waals surface area contributed by atoms with E-state index in [1.807, 2.05) is 17.3 Å². The largest absolute Gasteiger partial charge is 0.341 e. The van der Waals surface area contributed by atoms with E-state index in [9.17, 15) is 17.6 Å². The molecule has 1 atom stereocenters. The average molecular weight is 475 g/mol. The van der Waals surface area contributed by atoms with Gasteiger partial charge in [-0.2, -0.15) is 0 Å². The molecule has 2 aromatic rings. The predicted octanol–water partition coefficient (Wildman–Crippen LogP) is 3.03. The van der Waals surface area contributed by atoms with Crippen molar-refractivity contribution in [1.29, 1.82) is 0 Å². The number of anilines is 1. The number of benzene rings is 1. The summed E-state index contributed by atoms with van der Waals surface area (Å²) >= 11 is 0. The zero-order valence-electron chi connectivity index (χ0n) is 19.2. The van der Waals surface area contributed by atoms with Crippen LogP contribution in [0.15, 0.2) is 35.5 Å². The van der Waals surface area contributed by atoms with Gasteiger partial charge in [-0.3, -0.25) is 4.79 Å². The van der Waals surface area contributed by atoms with E-state index in [-0.39, 0.29) is 22.8 Å². The van der Waals surface area contributed by atoms with Gasteiger partial charge in [-0.15, -0.1) is 0 Å². The van der Waals surface area contributed by atoms with Crippen molar-refractivity contribution in [2.75, 3.05) is 30.8 Å². The third-order valence-electron chi connectivity index (χ3n) is 6.75. The Kier molecular flexibility index (Phi) is 6.97. The van der Waals surface area contributed by atoms with Crippen LogP contribution in [0.2, 0.25) is 0 Å². The van der Waals surface area contributed by atoms with Crippen LogP contribution < -0.4 is 4.90 Å². The Morgan fingerprint density at radius 3 is 2.36 bits per heavy atom. The zero-order valence-corrected chi connectivity index (χ0v) is 20.0. The van der Waals surface area contributed by atoms with Gasteiger partial charge in [-0.1, -0.05) is 13.0 Å². The molecule has 2 saturated heterocycles. The van der Waals surface area contributed by atoms with Crippen LogP contribution in [-0.4, -0.2) is 61.1 Å². The quantitative estimate of drug-likeness (QED) is 0.640. The number of carbonyl (C=O) groups excluding carboxylic acids is 1. The molecule has 1 unspecified atom stereocenters. The van der Waals surface area contributed by atoms with Crippen molar-refractivity contribution < 1.29 is 17.6 Å². The molecular weight excluding hydrogens is 443 g/mol. The van der Waals surface area contributed by atoms with Gasteiger partial charge in [-0.25, -0.2) is 22.8 Å². The number of rotatable bonds is 6. The van der Waals surface area contributed by atoms with E-state index in [0.717, 1.165) is 69.5 Å². The monoisotopic (exact) mass is 474 g/mol. The lowest BCUT2D eigenvalue weighted by Gasteiger charge is -2.42. The number of nitrogens with zero attached hydrogens (tertiary/aromatic N) is 4. The number of hydrogen-bond acceptors (Lipinski definition) is 6. The predicted molar refractivity (Wildman–Crippen MR) is 124 cm³/mol. The Morgan fingerprint density at radius 1 is 1.06 bits per heavy atom. The second kappa shape index (κ2) is 9.75. The van der Waals surface area contributed by atoms with Crippen molar-refractivity contribution in [2.24, 2.45) is 5.92 Å². The second-order valence-electron chi connectivity index (χ2n) is 9.07. The maximum absolute atomic E-state index is 14.3. The summed E-state index contributed by atoms with van der Waals surface area (Å²) in [5.41, 5.74) is 1.77. The number of hydrogen-bond donors (Lipinski definition) is 0. The maximum atomic E-state index is 14.3. The van der Waals surface area contributed by atoms with Crippen LogP contribution in [0.25, 0.3) is 0 Å². The molecule has 9 heteroatoms. The summed E-state index contributed by atoms with van der Waals surface area (Å²) in [6, 6.07) is 4.37. The van der Waals surface area contributed by atoms with Crippen molar-refractivity contribution in [3.8, 4) is 0 Å². The molecule has 2 aliphatic heterocycles. The van der Waals surface area contributed by atoms with E-state index in [0.29, 0.717) is 12.0 Å². The van der Waals surface area contributed by atoms with Gasteiger partial charge in [0, 0.05) is 50.2 Å². The molecule has 0 bridgehead atoms. The van der Waals surface area contributed by atoms with Crippen LogP contribution in [-0.2, 0) is 27.5 Å². The Labute approximate surface area is 194 Å². The number of carbonyl (C=O) groups is 1. The molecule has 1 aromatic carbocycles. The summed E-state index contributed by atoms with van der Waals surface area (Å²) in [4.78, 5) is 26.1. The molecule has 0 spiro atoms. The van der Waals surface area contributed by atoms with Gasteiger partial charge >= 0.3 is 0 Å². The Bertz CT molecular complexity index is 1100. The van der Waals surface area contributed by atoms with Gasteiger partial charge in [0.25, 0.3) is 0 Å². The minimum absolute atomic E-state index is 0.121. The number of sulfone groups is 1. The molecule has 0 N–H and O–H groups in total. The number of likely N-dealkylation sites (tertiary alicyclic amines) is 1. The lowest BCUT2D eigenvalue weighted by molar-refractivity contribution is -0.141. The summed E-state index contributed by atoms with van der Waals surface area (Å²) < 4.78 is 37.6. The van der Waals surface area contributed by atoms with Crippen molar-refractivity contribution in [3.05, 3.63) is 47.5 Å². The summed E-state index contributed by atoms with van der Waals surface area (Å²) in [7, 11) is -3.61. The van der Waals surface area contributed by atoms with Gasteiger partial charge in [0.2, 0.25) is 11.9 Å². The Balaban J connectivity index is 1.37. The first kappa shape index (κ1) is 23.6. The number of aryl methyl sites for hydroxylation is 1. The highest BCUT2D eigenvalue weighted by molar-refractivity contribution is 7.90. The molecule has 0 aliphatic carbocycles. The van der Waals surface area contributed by atoms with Gasteiger partial charge in [0.1, 0.15) is 10.7 Å². The third-order valence-corrected chi connectivity index (χ3v) is 7.88. The normalized spacial score (nSPS) is 20.3. The minimum atomic E-state index is -3.61. The SMILES string of the molecule is CCc1cnc(N2CCC(N3CCCC(Cc4ccc(S(C)(=O)=O)c(F)c4)C3=O)CC2)nc1. The van der Waals surface area contributed by atoms with Gasteiger partial charge in [-0.05, 0) is 61.8 Å². The lowest BCUT2D eigenvalue weighted by Crippen LogP contribution is -2.52. The first-order chi connectivity index (χ1) is 15.8. The number of aromatic nitrogens is 2. The molecule has 7 nitrogen and oxygen atoms in total. The molecule has 2 aliphatic rings. The van der Waals surface area contributed by atoms with Crippen LogP contribution in [0.3, 0.4) is 0 Å². The summed E-state index contributed by atoms with van der Waals surface area (Å²) in [6.07, 6.45) is 9.50. The zero-order chi connectivity index (χ0) is 23.6. The molecule has 3 heterocycles. The van der Waals surface area contributed by atoms with Crippen LogP contribution in [0, 0.1) is 11.7 Å². The average Bonchev–Trinajstić information content (AvgIpc) is 2.80. The smallest absolute Gasteiger partial charge is 0.226 e. The third kappa shape index (κ3) is 5.34. The highest BCUT2D eigenvalue weighted by Gasteiger charge is 2.35. The topological polar surface area (TPSA) is 83.5 Å².